The van der Waals surface area contributed by atoms with Crippen LogP contribution in [0.2, 0.25) is 5.02 Å². The summed E-state index contributed by atoms with van der Waals surface area (Å²) in [6, 6.07) is 2.98. The number of hydrogen-bond donors (Lipinski definition) is 5. The number of carbonyl (C=O) groups is 6. The molecule has 2 aromatic rings. The van der Waals surface area contributed by atoms with Crippen LogP contribution in [0.4, 0.5) is 9.18 Å². The lowest BCUT2D eigenvalue weighted by Crippen LogP contribution is -2.60. The second-order valence-electron chi connectivity index (χ2n) is 9.29. The molecule has 42 heavy (non-hydrogen) atoms. The Morgan fingerprint density at radius 2 is 1.79 bits per heavy atom. The van der Waals surface area contributed by atoms with Crippen LogP contribution in [0.15, 0.2) is 30.3 Å². The summed E-state index contributed by atoms with van der Waals surface area (Å²) in [4.78, 5) is 76.1. The Labute approximate surface area is 242 Å². The maximum absolute atomic E-state index is 14.8. The molecule has 5 amide bonds. The van der Waals surface area contributed by atoms with Crippen molar-refractivity contribution >= 4 is 54.4 Å². The molecule has 220 valence electrons. The number of carboxylic acids is 2. The van der Waals surface area contributed by atoms with Gasteiger partial charge >= 0.3 is 36.9 Å². The van der Waals surface area contributed by atoms with Crippen molar-refractivity contribution in [3.8, 4) is 5.75 Å². The normalized spacial score (nSPS) is 17.2. The highest BCUT2D eigenvalue weighted by Gasteiger charge is 2.41. The summed E-state index contributed by atoms with van der Waals surface area (Å²) in [6.07, 6.45) is -0.115. The summed E-state index contributed by atoms with van der Waals surface area (Å²) >= 11 is 6.09. The first kappa shape index (κ1) is 30.3. The van der Waals surface area contributed by atoms with Gasteiger partial charge in [0.05, 0.1) is 22.1 Å². The van der Waals surface area contributed by atoms with Gasteiger partial charge in [-0.1, -0.05) is 29.8 Å². The van der Waals surface area contributed by atoms with E-state index in [1.54, 1.807) is 6.92 Å². The smallest absolute Gasteiger partial charge is 0.534 e. The molecule has 2 aliphatic heterocycles. The van der Waals surface area contributed by atoms with Gasteiger partial charge in [0.25, 0.3) is 0 Å². The van der Waals surface area contributed by atoms with Gasteiger partial charge in [0, 0.05) is 25.2 Å². The molecule has 5 N–H and O–H groups in total. The van der Waals surface area contributed by atoms with Crippen LogP contribution in [0, 0.1) is 5.82 Å². The Kier molecular flexibility index (Phi) is 8.68. The van der Waals surface area contributed by atoms with Crippen LogP contribution in [0.3, 0.4) is 0 Å². The fourth-order valence-electron chi connectivity index (χ4n) is 4.59. The monoisotopic (exact) mass is 604 g/mol. The number of benzene rings is 2. The highest BCUT2D eigenvalue weighted by atomic mass is 35.5. The van der Waals surface area contributed by atoms with E-state index >= 15 is 0 Å². The molecular weight excluding hydrogens is 582 g/mol. The molecule has 1 saturated heterocycles. The van der Waals surface area contributed by atoms with Gasteiger partial charge < -0.3 is 35.4 Å². The van der Waals surface area contributed by atoms with Crippen LogP contribution in [-0.2, 0) is 20.8 Å². The Bertz CT molecular complexity index is 1510. The zero-order valence-corrected chi connectivity index (χ0v) is 22.6. The first-order valence-corrected chi connectivity index (χ1v) is 12.9. The number of nitrogens with zero attached hydrogens (tertiary/aromatic N) is 2. The van der Waals surface area contributed by atoms with Gasteiger partial charge in [-0.05, 0) is 31.0 Å². The molecule has 2 atom stereocenters. The molecular formula is C25H23BClFN4O10. The minimum atomic E-state index is -1.85. The highest BCUT2D eigenvalue weighted by Crippen LogP contribution is 2.32. The summed E-state index contributed by atoms with van der Waals surface area (Å²) in [6.45, 7) is 1.68. The number of carbonyl (C=O) groups excluding carboxylic acids is 4. The Morgan fingerprint density at radius 1 is 1.10 bits per heavy atom. The maximum atomic E-state index is 14.8. The van der Waals surface area contributed by atoms with Crippen molar-refractivity contribution in [2.75, 3.05) is 19.6 Å². The van der Waals surface area contributed by atoms with Gasteiger partial charge in [0.1, 0.15) is 11.8 Å². The lowest BCUT2D eigenvalue weighted by molar-refractivity contribution is -0.153. The highest BCUT2D eigenvalue weighted by molar-refractivity contribution is 6.47. The van der Waals surface area contributed by atoms with Crippen LogP contribution in [0.1, 0.15) is 44.8 Å². The molecule has 14 nitrogen and oxygen atoms in total. The number of para-hydroxylation sites is 1. The molecule has 4 rings (SSSR count). The fraction of sp³-hybridized carbons (Fsp3) is 0.280. The second-order valence-corrected chi connectivity index (χ2v) is 9.66. The summed E-state index contributed by atoms with van der Waals surface area (Å²) in [5.74, 6) is -8.85. The zero-order valence-electron chi connectivity index (χ0n) is 21.8. The summed E-state index contributed by atoms with van der Waals surface area (Å²) in [5, 5.41) is 33.0. The van der Waals surface area contributed by atoms with Crippen molar-refractivity contribution < 1.29 is 53.0 Å². The van der Waals surface area contributed by atoms with Crippen molar-refractivity contribution in [3.63, 3.8) is 0 Å². The van der Waals surface area contributed by atoms with Crippen molar-refractivity contribution in [2.45, 2.75) is 25.3 Å². The molecule has 2 aromatic carbocycles. The molecule has 0 spiro atoms. The fourth-order valence-corrected chi connectivity index (χ4v) is 4.86. The number of urea groups is 1. The Morgan fingerprint density at radius 3 is 2.43 bits per heavy atom. The molecule has 2 unspecified atom stereocenters. The topological polar surface area (TPSA) is 203 Å². The summed E-state index contributed by atoms with van der Waals surface area (Å²) < 4.78 is 20.2. The SMILES string of the molecule is CCN1CCN(C(=O)NC(C(=O)NC2Cc3cccc(C(=O)O)c3OB2O)c2ccc(C(=O)O)c(F)c2Cl)C(=O)C1=O. The Hall–Kier alpha value is -4.70. The predicted molar refractivity (Wildman–Crippen MR) is 141 cm³/mol. The number of fused-ring (bicyclic) bond motifs is 1. The van der Waals surface area contributed by atoms with Crippen molar-refractivity contribution in [3.05, 3.63) is 63.4 Å². The van der Waals surface area contributed by atoms with Gasteiger partial charge in [0.15, 0.2) is 5.82 Å². The average molecular weight is 605 g/mol. The third-order valence-electron chi connectivity index (χ3n) is 6.80. The van der Waals surface area contributed by atoms with Crippen molar-refractivity contribution in [1.29, 1.82) is 0 Å². The third-order valence-corrected chi connectivity index (χ3v) is 7.18. The molecule has 0 bridgehead atoms. The molecule has 2 heterocycles. The number of nitrogens with one attached hydrogen (secondary N) is 2. The van der Waals surface area contributed by atoms with E-state index in [9.17, 15) is 48.4 Å². The molecule has 0 radical (unpaired) electrons. The largest absolute Gasteiger partial charge is 0.547 e. The first-order chi connectivity index (χ1) is 19.8. The number of likely N-dealkylation sites (N-methyl/N-ethyl adjacent to an activating group) is 1. The van der Waals surface area contributed by atoms with E-state index in [0.717, 1.165) is 12.1 Å². The van der Waals surface area contributed by atoms with E-state index in [-0.39, 0.29) is 37.4 Å². The summed E-state index contributed by atoms with van der Waals surface area (Å²) in [5.41, 5.74) is -1.09. The van der Waals surface area contributed by atoms with Crippen LogP contribution < -0.4 is 15.3 Å². The van der Waals surface area contributed by atoms with Gasteiger partial charge in [-0.15, -0.1) is 0 Å². The molecule has 2 aliphatic rings. The van der Waals surface area contributed by atoms with E-state index in [4.69, 9.17) is 16.3 Å². The molecule has 0 aromatic heterocycles. The van der Waals surface area contributed by atoms with Gasteiger partial charge in [0.2, 0.25) is 5.91 Å². The van der Waals surface area contributed by atoms with E-state index in [1.165, 1.54) is 23.1 Å². The van der Waals surface area contributed by atoms with Crippen molar-refractivity contribution in [2.24, 2.45) is 0 Å². The van der Waals surface area contributed by atoms with Crippen LogP contribution in [0.25, 0.3) is 0 Å². The van der Waals surface area contributed by atoms with E-state index in [2.05, 4.69) is 10.6 Å². The van der Waals surface area contributed by atoms with Crippen LogP contribution in [0.5, 0.6) is 5.75 Å². The van der Waals surface area contributed by atoms with E-state index in [1.807, 2.05) is 0 Å². The maximum Gasteiger partial charge on any atom is 0.547 e. The number of hydrogen-bond acceptors (Lipinski definition) is 8. The Balaban J connectivity index is 1.64. The number of aromatic carboxylic acids is 2. The number of carboxylic acid groups (broad SMARTS) is 2. The quantitative estimate of drug-likeness (QED) is 0.218. The van der Waals surface area contributed by atoms with Gasteiger partial charge in [-0.2, -0.15) is 0 Å². The molecule has 17 heteroatoms. The number of rotatable bonds is 7. The predicted octanol–water partition coefficient (Wildman–Crippen LogP) is 0.457. The van der Waals surface area contributed by atoms with Crippen molar-refractivity contribution in [1.82, 2.24) is 20.4 Å². The molecule has 0 saturated carbocycles. The number of piperazine rings is 1. The van der Waals surface area contributed by atoms with Gasteiger partial charge in [-0.3, -0.25) is 19.3 Å². The summed E-state index contributed by atoms with van der Waals surface area (Å²) in [7, 11) is -1.75. The first-order valence-electron chi connectivity index (χ1n) is 12.5. The minimum Gasteiger partial charge on any atom is -0.534 e. The number of imide groups is 1. The van der Waals surface area contributed by atoms with E-state index < -0.39 is 76.8 Å². The number of halogens is 2. The molecule has 1 fully saturated rings. The lowest BCUT2D eigenvalue weighted by atomic mass is 9.72. The number of amides is 5. The van der Waals surface area contributed by atoms with E-state index in [0.29, 0.717) is 10.5 Å². The average Bonchev–Trinajstić information content (AvgIpc) is 2.94. The second kappa shape index (κ2) is 12.0. The minimum absolute atomic E-state index is 0.0252. The lowest BCUT2D eigenvalue weighted by Gasteiger charge is -2.33. The van der Waals surface area contributed by atoms with Gasteiger partial charge in [-0.25, -0.2) is 18.8 Å². The third kappa shape index (κ3) is 5.71. The van der Waals surface area contributed by atoms with Crippen LogP contribution in [-0.4, -0.2) is 93.4 Å². The zero-order chi connectivity index (χ0) is 30.9. The molecule has 0 aliphatic carbocycles. The van der Waals surface area contributed by atoms with Crippen LogP contribution >= 0.6 is 11.6 Å². The standard InChI is InChI=1S/C25H23BClFN4O10/c1-2-31-8-9-32(22(35)21(31)34)25(40)30-18(12-6-7-13(23(36)37)17(28)16(12)27)20(33)29-15-10-11-4-3-5-14(24(38)39)19(11)42-26(15)41/h3-7,15,18,41H,2,8-10H2,1H3,(H,29,33)(H,30,40)(H,36,37)(H,38,39).